The molecule has 0 aliphatic heterocycles. The van der Waals surface area contributed by atoms with E-state index in [0.29, 0.717) is 25.7 Å². The number of ether oxygens (including phenoxy) is 4. The van der Waals surface area contributed by atoms with Crippen molar-refractivity contribution >= 4 is 39.5 Å². The van der Waals surface area contributed by atoms with E-state index in [0.717, 1.165) is 89.9 Å². The molecule has 0 aliphatic rings. The number of carbonyl (C=O) groups is 4. The zero-order chi connectivity index (χ0) is 77.4. The van der Waals surface area contributed by atoms with Gasteiger partial charge in [-0.1, -0.05) is 426 Å². The highest BCUT2D eigenvalue weighted by Gasteiger charge is 2.30. The van der Waals surface area contributed by atoms with Crippen molar-refractivity contribution in [2.24, 2.45) is 0 Å². The van der Waals surface area contributed by atoms with E-state index >= 15 is 0 Å². The molecule has 0 spiro atoms. The van der Waals surface area contributed by atoms with Crippen LogP contribution in [-0.4, -0.2) is 96.7 Å². The summed E-state index contributed by atoms with van der Waals surface area (Å²) in [6, 6.07) is 0. The Balaban J connectivity index is 5.16. The second kappa shape index (κ2) is 81.1. The first kappa shape index (κ1) is 104. The molecule has 0 heterocycles. The van der Waals surface area contributed by atoms with Gasteiger partial charge in [0.05, 0.1) is 26.4 Å². The molecule has 2 unspecified atom stereocenters. The number of hydrogen-bond donors (Lipinski definition) is 3. The summed E-state index contributed by atoms with van der Waals surface area (Å²) in [7, 11) is -9.92. The summed E-state index contributed by atoms with van der Waals surface area (Å²) in [5, 5.41) is 10.7. The molecule has 5 atom stereocenters. The molecule has 0 bridgehead atoms. The molecule has 0 fully saturated rings. The molecule has 0 amide bonds. The zero-order valence-electron chi connectivity index (χ0n) is 69.4. The van der Waals surface area contributed by atoms with Gasteiger partial charge in [0.25, 0.3) is 0 Å². The van der Waals surface area contributed by atoms with Crippen molar-refractivity contribution in [1.29, 1.82) is 0 Å². The van der Waals surface area contributed by atoms with Crippen molar-refractivity contribution in [3.63, 3.8) is 0 Å². The molecule has 17 nitrogen and oxygen atoms in total. The van der Waals surface area contributed by atoms with Gasteiger partial charge < -0.3 is 33.8 Å². The van der Waals surface area contributed by atoms with Gasteiger partial charge in [0.1, 0.15) is 19.3 Å². The molecular formula is C87H170O17P2. The number of carbonyl (C=O) groups excluding carboxylic acids is 4. The second-order valence-corrected chi connectivity index (χ2v) is 34.2. The molecule has 19 heteroatoms. The standard InChI is InChI=1S/C87H170O17P2/c1-5-9-13-17-21-25-28-31-34-36-38-40-42-44-46-48-51-53-56-60-64-68-72-85(90)98-78-83(104-87(92)74-70-66-62-58-55-52-49-47-45-43-41-39-37-35-32-29-26-22-18-14-10-6-2)80-102-106(95,96)100-76-81(88)75-99-105(93,94)101-79-82(77-97-84(89)71-67-63-59-24-20-16-12-8-4)103-86(91)73-69-65-61-57-54-50-33-30-27-23-19-15-11-7-3/h81-83,88H,5-80H2,1-4H3,(H,93,94)(H,95,96)/t81-,82+,83+/m0/s1. The van der Waals surface area contributed by atoms with E-state index < -0.39 is 97.5 Å². The number of unbranched alkanes of at least 4 members (excludes halogenated alkanes) is 62. The molecule has 0 aromatic carbocycles. The normalized spacial score (nSPS) is 13.7. The Labute approximate surface area is 651 Å². The van der Waals surface area contributed by atoms with Crippen LogP contribution in [-0.2, 0) is 65.4 Å². The molecule has 0 saturated heterocycles. The highest BCUT2D eigenvalue weighted by Crippen LogP contribution is 2.45. The number of phosphoric ester groups is 2. The maximum absolute atomic E-state index is 13.2. The fraction of sp³-hybridized carbons (Fsp3) is 0.954. The van der Waals surface area contributed by atoms with Crippen LogP contribution in [0.3, 0.4) is 0 Å². The summed E-state index contributed by atoms with van der Waals surface area (Å²) in [6.45, 7) is 5.03. The minimum atomic E-state index is -4.96. The largest absolute Gasteiger partial charge is 0.472 e. The van der Waals surface area contributed by atoms with Crippen molar-refractivity contribution in [2.75, 3.05) is 39.6 Å². The van der Waals surface area contributed by atoms with Gasteiger partial charge in [0, 0.05) is 25.7 Å². The van der Waals surface area contributed by atoms with Gasteiger partial charge in [-0.15, -0.1) is 0 Å². The molecule has 3 N–H and O–H groups in total. The molecular weight excluding hydrogens is 1380 g/mol. The molecule has 0 aromatic rings. The molecule has 106 heavy (non-hydrogen) atoms. The van der Waals surface area contributed by atoms with Crippen LogP contribution in [0, 0.1) is 0 Å². The summed E-state index contributed by atoms with van der Waals surface area (Å²) < 4.78 is 68.8. The Kier molecular flexibility index (Phi) is 79.6. The lowest BCUT2D eigenvalue weighted by Gasteiger charge is -2.21. The van der Waals surface area contributed by atoms with Gasteiger partial charge in [0.2, 0.25) is 0 Å². The van der Waals surface area contributed by atoms with E-state index in [2.05, 4.69) is 27.7 Å². The molecule has 630 valence electrons. The summed E-state index contributed by atoms with van der Waals surface area (Å²) >= 11 is 0. The van der Waals surface area contributed by atoms with Crippen molar-refractivity contribution in [2.45, 2.75) is 495 Å². The first-order valence-corrected chi connectivity index (χ1v) is 48.3. The Morgan fingerprint density at radius 3 is 0.557 bits per heavy atom. The lowest BCUT2D eigenvalue weighted by atomic mass is 10.0. The maximum atomic E-state index is 13.2. The predicted molar refractivity (Wildman–Crippen MR) is 437 cm³/mol. The minimum Gasteiger partial charge on any atom is -0.462 e. The summed E-state index contributed by atoms with van der Waals surface area (Å²) in [6.07, 6.45) is 76.7. The lowest BCUT2D eigenvalue weighted by molar-refractivity contribution is -0.161. The highest BCUT2D eigenvalue weighted by molar-refractivity contribution is 7.47. The number of hydrogen-bond acceptors (Lipinski definition) is 15. The minimum absolute atomic E-state index is 0.108. The van der Waals surface area contributed by atoms with Crippen LogP contribution in [0.5, 0.6) is 0 Å². The Hall–Kier alpha value is -1.94. The topological polar surface area (TPSA) is 237 Å². The third-order valence-corrected chi connectivity index (χ3v) is 22.5. The average Bonchev–Trinajstić information content (AvgIpc) is 0.902. The summed E-state index contributed by atoms with van der Waals surface area (Å²) in [4.78, 5) is 73.1. The highest BCUT2D eigenvalue weighted by atomic mass is 31.2. The third-order valence-electron chi connectivity index (χ3n) is 20.6. The molecule has 0 radical (unpaired) electrons. The van der Waals surface area contributed by atoms with Gasteiger partial charge in [-0.2, -0.15) is 0 Å². The number of phosphoric acid groups is 2. The quantitative estimate of drug-likeness (QED) is 0.0222. The van der Waals surface area contributed by atoms with Crippen LogP contribution in [0.25, 0.3) is 0 Å². The first-order chi connectivity index (χ1) is 51.7. The predicted octanol–water partition coefficient (Wildman–Crippen LogP) is 26.9. The monoisotopic (exact) mass is 1550 g/mol. The van der Waals surface area contributed by atoms with E-state index in [4.69, 9.17) is 37.0 Å². The number of aliphatic hydroxyl groups excluding tert-OH is 1. The van der Waals surface area contributed by atoms with Crippen LogP contribution >= 0.6 is 15.6 Å². The first-order valence-electron chi connectivity index (χ1n) is 45.3. The zero-order valence-corrected chi connectivity index (χ0v) is 71.2. The summed E-state index contributed by atoms with van der Waals surface area (Å²) in [5.41, 5.74) is 0. The van der Waals surface area contributed by atoms with E-state index in [1.54, 1.807) is 0 Å². The fourth-order valence-electron chi connectivity index (χ4n) is 13.7. The van der Waals surface area contributed by atoms with Gasteiger partial charge in [-0.05, 0) is 25.7 Å². The third kappa shape index (κ3) is 80.1. The maximum Gasteiger partial charge on any atom is 0.472 e. The Morgan fingerprint density at radius 1 is 0.226 bits per heavy atom. The van der Waals surface area contributed by atoms with Crippen LogP contribution < -0.4 is 0 Å². The summed E-state index contributed by atoms with van der Waals surface area (Å²) in [5.74, 6) is -2.10. The van der Waals surface area contributed by atoms with Crippen molar-refractivity contribution < 1.29 is 80.2 Å². The SMILES string of the molecule is CCCCCCCCCCCCCCCCCCCCCCCCC(=O)OC[C@H](COP(=O)(O)OC[C@@H](O)COP(=O)(O)OC[C@@H](COC(=O)CCCCCCCCCC)OC(=O)CCCCCCCCCCCCCCCC)OC(=O)CCCCCCCCCCCCCCCCCCCCCCCC. The van der Waals surface area contributed by atoms with E-state index in [1.165, 1.54) is 308 Å². The van der Waals surface area contributed by atoms with E-state index in [1.807, 2.05) is 0 Å². The van der Waals surface area contributed by atoms with Crippen molar-refractivity contribution in [3.8, 4) is 0 Å². The van der Waals surface area contributed by atoms with Crippen LogP contribution in [0.4, 0.5) is 0 Å². The van der Waals surface area contributed by atoms with Crippen LogP contribution in [0.1, 0.15) is 477 Å². The number of rotatable bonds is 88. The number of aliphatic hydroxyl groups is 1. The van der Waals surface area contributed by atoms with Gasteiger partial charge in [0.15, 0.2) is 12.2 Å². The average molecular weight is 1550 g/mol. The van der Waals surface area contributed by atoms with Crippen LogP contribution in [0.2, 0.25) is 0 Å². The molecule has 0 rings (SSSR count). The van der Waals surface area contributed by atoms with Crippen molar-refractivity contribution in [3.05, 3.63) is 0 Å². The second-order valence-electron chi connectivity index (χ2n) is 31.3. The smallest absolute Gasteiger partial charge is 0.462 e. The van der Waals surface area contributed by atoms with Gasteiger partial charge >= 0.3 is 39.5 Å². The fourth-order valence-corrected chi connectivity index (χ4v) is 15.3. The van der Waals surface area contributed by atoms with Gasteiger partial charge in [-0.25, -0.2) is 9.13 Å². The van der Waals surface area contributed by atoms with Gasteiger partial charge in [-0.3, -0.25) is 37.3 Å². The Bertz CT molecular complexity index is 2000. The molecule has 0 aromatic heterocycles. The van der Waals surface area contributed by atoms with E-state index in [9.17, 15) is 43.2 Å². The molecule has 0 aliphatic carbocycles. The Morgan fingerprint density at radius 2 is 0.377 bits per heavy atom. The van der Waals surface area contributed by atoms with Crippen LogP contribution in [0.15, 0.2) is 0 Å². The molecule has 0 saturated carbocycles. The van der Waals surface area contributed by atoms with Crippen molar-refractivity contribution in [1.82, 2.24) is 0 Å². The van der Waals surface area contributed by atoms with E-state index in [-0.39, 0.29) is 25.7 Å². The number of esters is 4. The lowest BCUT2D eigenvalue weighted by Crippen LogP contribution is -2.30.